The van der Waals surface area contributed by atoms with Gasteiger partial charge < -0.3 is 0 Å². The first-order chi connectivity index (χ1) is 9.31. The topological polar surface area (TPSA) is 48.5 Å². The van der Waals surface area contributed by atoms with Crippen molar-refractivity contribution >= 4 is 0 Å². The molecule has 0 aliphatic carbocycles. The van der Waals surface area contributed by atoms with Crippen molar-refractivity contribution in [1.82, 2.24) is 24.8 Å². The standard InChI is InChI=1S/C14H15N5/c1-12-6-7-16-19(12)11-14-4-2-13(3-5-14)10-18-9-8-15-17-18/h2-9H,10-11H2,1H3. The van der Waals surface area contributed by atoms with Crippen molar-refractivity contribution in [2.75, 3.05) is 0 Å². The fraction of sp³-hybridized carbons (Fsp3) is 0.214. The molecule has 0 atom stereocenters. The predicted octanol–water partition coefficient (Wildman–Crippen LogP) is 1.88. The third-order valence-electron chi connectivity index (χ3n) is 3.10. The molecule has 3 rings (SSSR count). The lowest BCUT2D eigenvalue weighted by atomic mass is 10.1. The molecule has 2 aromatic heterocycles. The van der Waals surface area contributed by atoms with E-state index in [2.05, 4.69) is 46.6 Å². The number of hydrogen-bond donors (Lipinski definition) is 0. The van der Waals surface area contributed by atoms with Gasteiger partial charge in [-0.15, -0.1) is 5.10 Å². The zero-order chi connectivity index (χ0) is 13.1. The van der Waals surface area contributed by atoms with E-state index in [0.717, 1.165) is 13.1 Å². The summed E-state index contributed by atoms with van der Waals surface area (Å²) in [6, 6.07) is 10.5. The maximum absolute atomic E-state index is 4.29. The monoisotopic (exact) mass is 253 g/mol. The molecule has 0 aliphatic rings. The van der Waals surface area contributed by atoms with E-state index < -0.39 is 0 Å². The highest BCUT2D eigenvalue weighted by molar-refractivity contribution is 5.23. The summed E-state index contributed by atoms with van der Waals surface area (Å²) in [5.74, 6) is 0. The van der Waals surface area contributed by atoms with E-state index in [1.165, 1.54) is 16.8 Å². The minimum Gasteiger partial charge on any atom is -0.265 e. The van der Waals surface area contributed by atoms with Crippen molar-refractivity contribution in [2.24, 2.45) is 0 Å². The first-order valence-corrected chi connectivity index (χ1v) is 6.21. The fourth-order valence-corrected chi connectivity index (χ4v) is 1.99. The quantitative estimate of drug-likeness (QED) is 0.713. The fourth-order valence-electron chi connectivity index (χ4n) is 1.99. The SMILES string of the molecule is Cc1ccnn1Cc1ccc(Cn2ccnn2)cc1. The molecule has 2 heterocycles. The zero-order valence-corrected chi connectivity index (χ0v) is 10.8. The van der Waals surface area contributed by atoms with Gasteiger partial charge in [0.1, 0.15) is 0 Å². The molecule has 5 heteroatoms. The van der Waals surface area contributed by atoms with Crippen LogP contribution in [0.5, 0.6) is 0 Å². The van der Waals surface area contributed by atoms with Gasteiger partial charge in [0.25, 0.3) is 0 Å². The molecule has 0 bridgehead atoms. The van der Waals surface area contributed by atoms with Crippen LogP contribution in [0.2, 0.25) is 0 Å². The summed E-state index contributed by atoms with van der Waals surface area (Å²) in [5.41, 5.74) is 3.63. The molecule has 1 aromatic carbocycles. The Morgan fingerprint density at radius 3 is 2.26 bits per heavy atom. The van der Waals surface area contributed by atoms with E-state index in [1.54, 1.807) is 6.20 Å². The Hall–Kier alpha value is -2.43. The maximum Gasteiger partial charge on any atom is 0.0693 e. The second-order valence-corrected chi connectivity index (χ2v) is 4.55. The van der Waals surface area contributed by atoms with Crippen molar-refractivity contribution < 1.29 is 0 Å². The average Bonchev–Trinajstić information content (AvgIpc) is 3.05. The molecule has 3 aromatic rings. The van der Waals surface area contributed by atoms with Gasteiger partial charge in [0.05, 0.1) is 19.3 Å². The van der Waals surface area contributed by atoms with Crippen LogP contribution in [0, 0.1) is 6.92 Å². The van der Waals surface area contributed by atoms with Gasteiger partial charge in [-0.25, -0.2) is 4.68 Å². The predicted molar refractivity (Wildman–Crippen MR) is 71.6 cm³/mol. The maximum atomic E-state index is 4.29. The average molecular weight is 253 g/mol. The third kappa shape index (κ3) is 2.70. The number of nitrogens with zero attached hydrogens (tertiary/aromatic N) is 5. The van der Waals surface area contributed by atoms with Gasteiger partial charge in [0, 0.05) is 18.1 Å². The molecule has 0 radical (unpaired) electrons. The van der Waals surface area contributed by atoms with Crippen molar-refractivity contribution in [2.45, 2.75) is 20.0 Å². The molecule has 0 saturated carbocycles. The van der Waals surface area contributed by atoms with Crippen LogP contribution in [0.15, 0.2) is 48.9 Å². The third-order valence-corrected chi connectivity index (χ3v) is 3.10. The Bertz CT molecular complexity index is 637. The number of aromatic nitrogens is 5. The number of hydrogen-bond acceptors (Lipinski definition) is 3. The Kier molecular flexibility index (Phi) is 3.10. The Balaban J connectivity index is 1.70. The molecular weight excluding hydrogens is 238 g/mol. The van der Waals surface area contributed by atoms with E-state index in [1.807, 2.05) is 27.8 Å². The normalized spacial score (nSPS) is 10.8. The van der Waals surface area contributed by atoms with Crippen LogP contribution < -0.4 is 0 Å². The van der Waals surface area contributed by atoms with Crippen molar-refractivity contribution in [3.05, 3.63) is 65.7 Å². The highest BCUT2D eigenvalue weighted by atomic mass is 15.4. The van der Waals surface area contributed by atoms with Crippen molar-refractivity contribution in [1.29, 1.82) is 0 Å². The molecule has 0 aliphatic heterocycles. The summed E-state index contributed by atoms with van der Waals surface area (Å²) in [6.45, 7) is 3.62. The Morgan fingerprint density at radius 1 is 0.947 bits per heavy atom. The molecule has 96 valence electrons. The van der Waals surface area contributed by atoms with Gasteiger partial charge in [-0.1, -0.05) is 29.5 Å². The molecular formula is C14H15N5. The van der Waals surface area contributed by atoms with Crippen molar-refractivity contribution in [3.8, 4) is 0 Å². The lowest BCUT2D eigenvalue weighted by Gasteiger charge is -2.06. The van der Waals surface area contributed by atoms with E-state index in [0.29, 0.717) is 0 Å². The van der Waals surface area contributed by atoms with Crippen LogP contribution in [0.4, 0.5) is 0 Å². The highest BCUT2D eigenvalue weighted by Gasteiger charge is 2.00. The van der Waals surface area contributed by atoms with Gasteiger partial charge >= 0.3 is 0 Å². The molecule has 0 spiro atoms. The van der Waals surface area contributed by atoms with E-state index in [4.69, 9.17) is 0 Å². The number of aryl methyl sites for hydroxylation is 1. The lowest BCUT2D eigenvalue weighted by Crippen LogP contribution is -2.04. The van der Waals surface area contributed by atoms with E-state index in [9.17, 15) is 0 Å². The van der Waals surface area contributed by atoms with Gasteiger partial charge in [-0.3, -0.25) is 4.68 Å². The van der Waals surface area contributed by atoms with E-state index in [-0.39, 0.29) is 0 Å². The van der Waals surface area contributed by atoms with Crippen LogP contribution in [-0.4, -0.2) is 24.8 Å². The van der Waals surface area contributed by atoms with Crippen molar-refractivity contribution in [3.63, 3.8) is 0 Å². The van der Waals surface area contributed by atoms with Gasteiger partial charge in [0.2, 0.25) is 0 Å². The summed E-state index contributed by atoms with van der Waals surface area (Å²) in [4.78, 5) is 0. The molecule has 0 saturated heterocycles. The van der Waals surface area contributed by atoms with Gasteiger partial charge in [0.15, 0.2) is 0 Å². The molecule has 19 heavy (non-hydrogen) atoms. The van der Waals surface area contributed by atoms with Gasteiger partial charge in [-0.2, -0.15) is 5.10 Å². The smallest absolute Gasteiger partial charge is 0.0693 e. The number of rotatable bonds is 4. The zero-order valence-electron chi connectivity index (χ0n) is 10.8. The summed E-state index contributed by atoms with van der Waals surface area (Å²) in [7, 11) is 0. The summed E-state index contributed by atoms with van der Waals surface area (Å²) < 4.78 is 3.80. The Labute approximate surface area is 111 Å². The summed E-state index contributed by atoms with van der Waals surface area (Å²) in [6.07, 6.45) is 5.38. The van der Waals surface area contributed by atoms with Crippen LogP contribution in [-0.2, 0) is 13.1 Å². The Morgan fingerprint density at radius 2 is 1.68 bits per heavy atom. The first kappa shape index (κ1) is 11.6. The van der Waals surface area contributed by atoms with E-state index >= 15 is 0 Å². The second-order valence-electron chi connectivity index (χ2n) is 4.55. The molecule has 0 unspecified atom stereocenters. The minimum atomic E-state index is 0.751. The summed E-state index contributed by atoms with van der Waals surface area (Å²) >= 11 is 0. The largest absolute Gasteiger partial charge is 0.265 e. The number of benzene rings is 1. The first-order valence-electron chi connectivity index (χ1n) is 6.21. The molecule has 0 fully saturated rings. The molecule has 0 N–H and O–H groups in total. The summed E-state index contributed by atoms with van der Waals surface area (Å²) in [5, 5.41) is 12.0. The van der Waals surface area contributed by atoms with Crippen LogP contribution in [0.25, 0.3) is 0 Å². The van der Waals surface area contributed by atoms with Crippen LogP contribution >= 0.6 is 0 Å². The van der Waals surface area contributed by atoms with Gasteiger partial charge in [-0.05, 0) is 24.1 Å². The van der Waals surface area contributed by atoms with Crippen LogP contribution in [0.1, 0.15) is 16.8 Å². The highest BCUT2D eigenvalue weighted by Crippen LogP contribution is 2.08. The molecule has 5 nitrogen and oxygen atoms in total. The molecule has 0 amide bonds. The lowest BCUT2D eigenvalue weighted by molar-refractivity contribution is 0.647. The minimum absolute atomic E-state index is 0.751. The van der Waals surface area contributed by atoms with Crippen LogP contribution in [0.3, 0.4) is 0 Å². The second kappa shape index (κ2) is 5.06.